The van der Waals surface area contributed by atoms with Gasteiger partial charge in [0.05, 0.1) is 16.9 Å². The minimum absolute atomic E-state index is 0.115. The van der Waals surface area contributed by atoms with E-state index < -0.39 is 10.0 Å². The molecule has 1 aromatic carbocycles. The number of sulfonamides is 1. The fraction of sp³-hybridized carbons (Fsp3) is 0.364. The molecule has 0 heterocycles. The summed E-state index contributed by atoms with van der Waals surface area (Å²) in [5, 5.41) is 8.59. The first-order valence-electron chi connectivity index (χ1n) is 5.02. The van der Waals surface area contributed by atoms with Crippen LogP contribution in [0.25, 0.3) is 0 Å². The van der Waals surface area contributed by atoms with Crippen molar-refractivity contribution >= 4 is 26.0 Å². The summed E-state index contributed by atoms with van der Waals surface area (Å²) in [6.07, 6.45) is 0. The van der Waals surface area contributed by atoms with Crippen molar-refractivity contribution in [2.24, 2.45) is 5.92 Å². The van der Waals surface area contributed by atoms with Gasteiger partial charge in [0.25, 0.3) is 0 Å². The number of benzene rings is 1. The third-order valence-electron chi connectivity index (χ3n) is 2.25. The quantitative estimate of drug-likeness (QED) is 0.925. The standard InChI is InChI=1S/C11H13BrN2O2S/c1-8(6-13)7-14-17(15,16)10-4-3-9(2)11(12)5-10/h3-5,8,14H,7H2,1-2H3. The summed E-state index contributed by atoms with van der Waals surface area (Å²) in [5.74, 6) is -0.348. The lowest BCUT2D eigenvalue weighted by molar-refractivity contribution is 0.572. The molecule has 1 atom stereocenters. The molecule has 0 aliphatic carbocycles. The van der Waals surface area contributed by atoms with E-state index in [0.29, 0.717) is 0 Å². The van der Waals surface area contributed by atoms with Crippen molar-refractivity contribution in [2.45, 2.75) is 18.7 Å². The van der Waals surface area contributed by atoms with Crippen molar-refractivity contribution in [3.8, 4) is 6.07 Å². The molecule has 1 aromatic rings. The Hall–Kier alpha value is -0.900. The first kappa shape index (κ1) is 14.2. The van der Waals surface area contributed by atoms with E-state index in [4.69, 9.17) is 5.26 Å². The Morgan fingerprint density at radius 2 is 2.18 bits per heavy atom. The van der Waals surface area contributed by atoms with E-state index in [1.807, 2.05) is 13.0 Å². The topological polar surface area (TPSA) is 70.0 Å². The minimum Gasteiger partial charge on any atom is -0.210 e. The lowest BCUT2D eigenvalue weighted by Crippen LogP contribution is -2.28. The molecule has 0 aliphatic heterocycles. The van der Waals surface area contributed by atoms with Gasteiger partial charge in [-0.2, -0.15) is 5.26 Å². The second-order valence-electron chi connectivity index (χ2n) is 3.79. The molecule has 0 saturated heterocycles. The monoisotopic (exact) mass is 316 g/mol. The van der Waals surface area contributed by atoms with Crippen molar-refractivity contribution < 1.29 is 8.42 Å². The van der Waals surface area contributed by atoms with Gasteiger partial charge in [0.1, 0.15) is 0 Å². The molecule has 4 nitrogen and oxygen atoms in total. The summed E-state index contributed by atoms with van der Waals surface area (Å²) in [6, 6.07) is 6.79. The van der Waals surface area contributed by atoms with Crippen LogP contribution in [0.1, 0.15) is 12.5 Å². The summed E-state index contributed by atoms with van der Waals surface area (Å²) in [4.78, 5) is 0.195. The molecule has 92 valence electrons. The predicted molar refractivity (Wildman–Crippen MR) is 68.8 cm³/mol. The second-order valence-corrected chi connectivity index (χ2v) is 6.41. The van der Waals surface area contributed by atoms with E-state index in [9.17, 15) is 8.42 Å². The van der Waals surface area contributed by atoms with Crippen LogP contribution in [0.2, 0.25) is 0 Å². The Morgan fingerprint density at radius 1 is 1.53 bits per heavy atom. The number of aryl methyl sites for hydroxylation is 1. The highest BCUT2D eigenvalue weighted by Gasteiger charge is 2.15. The Morgan fingerprint density at radius 3 is 2.71 bits per heavy atom. The Labute approximate surface area is 110 Å². The highest BCUT2D eigenvalue weighted by atomic mass is 79.9. The SMILES string of the molecule is Cc1ccc(S(=O)(=O)NCC(C)C#N)cc1Br. The zero-order valence-electron chi connectivity index (χ0n) is 9.57. The van der Waals surface area contributed by atoms with Crippen LogP contribution in [0, 0.1) is 24.2 Å². The van der Waals surface area contributed by atoms with E-state index in [-0.39, 0.29) is 17.4 Å². The number of halogens is 1. The molecule has 0 spiro atoms. The highest BCUT2D eigenvalue weighted by Crippen LogP contribution is 2.20. The largest absolute Gasteiger partial charge is 0.240 e. The van der Waals surface area contributed by atoms with Crippen molar-refractivity contribution in [1.82, 2.24) is 4.72 Å². The van der Waals surface area contributed by atoms with Gasteiger partial charge in [-0.25, -0.2) is 13.1 Å². The van der Waals surface area contributed by atoms with Crippen LogP contribution in [0.4, 0.5) is 0 Å². The van der Waals surface area contributed by atoms with Crippen LogP contribution in [-0.2, 0) is 10.0 Å². The average molecular weight is 317 g/mol. The molecule has 0 aliphatic rings. The maximum atomic E-state index is 11.9. The average Bonchev–Trinajstić information content (AvgIpc) is 2.29. The van der Waals surface area contributed by atoms with Gasteiger partial charge >= 0.3 is 0 Å². The first-order valence-corrected chi connectivity index (χ1v) is 7.30. The van der Waals surface area contributed by atoms with Crippen molar-refractivity contribution in [3.05, 3.63) is 28.2 Å². The molecule has 1 N–H and O–H groups in total. The Balaban J connectivity index is 2.91. The molecule has 17 heavy (non-hydrogen) atoms. The Bertz CT molecular complexity index is 549. The number of nitriles is 1. The summed E-state index contributed by atoms with van der Waals surface area (Å²) < 4.78 is 26.9. The fourth-order valence-corrected chi connectivity index (χ4v) is 2.79. The van der Waals surface area contributed by atoms with Crippen molar-refractivity contribution in [3.63, 3.8) is 0 Å². The molecule has 0 saturated carbocycles. The maximum Gasteiger partial charge on any atom is 0.240 e. The van der Waals surface area contributed by atoms with E-state index in [1.54, 1.807) is 25.1 Å². The molecule has 0 amide bonds. The van der Waals surface area contributed by atoms with Crippen LogP contribution in [0.15, 0.2) is 27.6 Å². The second kappa shape index (κ2) is 5.63. The van der Waals surface area contributed by atoms with E-state index in [2.05, 4.69) is 20.7 Å². The number of nitrogens with one attached hydrogen (secondary N) is 1. The molecule has 1 rings (SSSR count). The smallest absolute Gasteiger partial charge is 0.210 e. The van der Waals surface area contributed by atoms with Crippen molar-refractivity contribution in [2.75, 3.05) is 6.54 Å². The predicted octanol–water partition coefficient (Wildman–Crippen LogP) is 2.20. The van der Waals surface area contributed by atoms with Gasteiger partial charge < -0.3 is 0 Å². The third kappa shape index (κ3) is 3.80. The lowest BCUT2D eigenvalue weighted by atomic mass is 10.2. The molecule has 1 unspecified atom stereocenters. The molecular formula is C11H13BrN2O2S. The number of hydrogen-bond donors (Lipinski definition) is 1. The zero-order chi connectivity index (χ0) is 13.1. The summed E-state index contributed by atoms with van der Waals surface area (Å²) >= 11 is 3.29. The normalized spacial score (nSPS) is 13.1. The van der Waals surface area contributed by atoms with Crippen molar-refractivity contribution in [1.29, 1.82) is 5.26 Å². The lowest BCUT2D eigenvalue weighted by Gasteiger charge is -2.08. The van der Waals surface area contributed by atoms with Crippen LogP contribution < -0.4 is 4.72 Å². The molecule has 0 fully saturated rings. The molecule has 0 bridgehead atoms. The van der Waals surface area contributed by atoms with Crippen LogP contribution in [0.5, 0.6) is 0 Å². The maximum absolute atomic E-state index is 11.9. The Kier molecular flexibility index (Phi) is 4.69. The van der Waals surface area contributed by atoms with E-state index in [1.165, 1.54) is 0 Å². The van der Waals surface area contributed by atoms with Gasteiger partial charge in [-0.1, -0.05) is 22.0 Å². The van der Waals surface area contributed by atoms with E-state index >= 15 is 0 Å². The number of rotatable bonds is 4. The summed E-state index contributed by atoms with van der Waals surface area (Å²) in [5.41, 5.74) is 0.967. The number of hydrogen-bond acceptors (Lipinski definition) is 3. The summed E-state index contributed by atoms with van der Waals surface area (Å²) in [6.45, 7) is 3.66. The molecular weight excluding hydrogens is 304 g/mol. The fourth-order valence-electron chi connectivity index (χ4n) is 1.10. The van der Waals surface area contributed by atoms with Gasteiger partial charge in [0, 0.05) is 11.0 Å². The minimum atomic E-state index is -3.54. The third-order valence-corrected chi connectivity index (χ3v) is 4.53. The van der Waals surface area contributed by atoms with E-state index in [0.717, 1.165) is 10.0 Å². The van der Waals surface area contributed by atoms with Crippen LogP contribution in [-0.4, -0.2) is 15.0 Å². The van der Waals surface area contributed by atoms with Gasteiger partial charge in [-0.3, -0.25) is 0 Å². The first-order chi connectivity index (χ1) is 7.86. The molecule has 6 heteroatoms. The van der Waals surface area contributed by atoms with Gasteiger partial charge in [-0.15, -0.1) is 0 Å². The zero-order valence-corrected chi connectivity index (χ0v) is 12.0. The molecule has 0 aromatic heterocycles. The van der Waals surface area contributed by atoms with Crippen LogP contribution >= 0.6 is 15.9 Å². The summed E-state index contributed by atoms with van der Waals surface area (Å²) in [7, 11) is -3.54. The molecule has 0 radical (unpaired) electrons. The van der Waals surface area contributed by atoms with Crippen LogP contribution in [0.3, 0.4) is 0 Å². The van der Waals surface area contributed by atoms with Gasteiger partial charge in [-0.05, 0) is 31.5 Å². The van der Waals surface area contributed by atoms with Gasteiger partial charge in [0.15, 0.2) is 0 Å². The number of nitrogens with zero attached hydrogens (tertiary/aromatic N) is 1. The van der Waals surface area contributed by atoms with Gasteiger partial charge in [0.2, 0.25) is 10.0 Å². The highest BCUT2D eigenvalue weighted by molar-refractivity contribution is 9.10.